The molecule has 2 rings (SSSR count). The highest BCUT2D eigenvalue weighted by atomic mass is 32.2. The number of phosphoric ester groups is 1. The molecule has 17 heteroatoms. The van der Waals surface area contributed by atoms with Crippen LogP contribution in [0.1, 0.15) is 60.3 Å². The minimum Gasteiger partial charge on any atom is -0.444 e. The molecule has 0 radical (unpaired) electrons. The summed E-state index contributed by atoms with van der Waals surface area (Å²) in [5.74, 6) is 0.0958. The van der Waals surface area contributed by atoms with Gasteiger partial charge < -0.3 is 4.74 Å². The highest BCUT2D eigenvalue weighted by Crippen LogP contribution is 2.52. The highest BCUT2D eigenvalue weighted by molar-refractivity contribution is 8.13. The fourth-order valence-corrected chi connectivity index (χ4v) is 7.71. The molecule has 1 aliphatic rings. The molecule has 1 amide bonds. The maximum absolute atomic E-state index is 15.0. The number of alkyl halides is 1. The molecule has 244 valence electrons. The van der Waals surface area contributed by atoms with E-state index in [0.29, 0.717) is 0 Å². The number of hydrogen-bond donors (Lipinski definition) is 1. The molecule has 3 atom stereocenters. The Kier molecular flexibility index (Phi) is 15.2. The number of nitrogens with one attached hydrogen (secondary N) is 1. The summed E-state index contributed by atoms with van der Waals surface area (Å²) in [5.41, 5.74) is -1.51. The molecule has 12 nitrogen and oxygen atoms in total. The number of nitrogens with zero attached hydrogens (tertiary/aromatic N) is 2. The Morgan fingerprint density at radius 1 is 1.09 bits per heavy atom. The van der Waals surface area contributed by atoms with E-state index >= 15 is 4.39 Å². The van der Waals surface area contributed by atoms with Gasteiger partial charge in [-0.2, -0.15) is 4.98 Å². The summed E-state index contributed by atoms with van der Waals surface area (Å²) in [4.78, 5) is 52.2. The van der Waals surface area contributed by atoms with E-state index in [1.165, 1.54) is 12.3 Å². The average Bonchev–Trinajstić information content (AvgIpc) is 3.26. The molecule has 0 aliphatic carbocycles. The molecule has 1 aromatic rings. The van der Waals surface area contributed by atoms with Crippen LogP contribution in [0.15, 0.2) is 17.1 Å². The van der Waals surface area contributed by atoms with Crippen LogP contribution in [-0.4, -0.2) is 74.2 Å². The smallest absolute Gasteiger partial charge is 0.444 e. The predicted molar refractivity (Wildman–Crippen MR) is 168 cm³/mol. The third-order valence-electron chi connectivity index (χ3n) is 5.38. The first-order valence-corrected chi connectivity index (χ1v) is 18.1. The third-order valence-corrected chi connectivity index (χ3v) is 10.6. The Labute approximate surface area is 264 Å². The van der Waals surface area contributed by atoms with Gasteiger partial charge in [-0.25, -0.2) is 18.5 Å². The van der Waals surface area contributed by atoms with Gasteiger partial charge in [0.15, 0.2) is 10.2 Å². The molecule has 0 saturated carbocycles. The van der Waals surface area contributed by atoms with E-state index < -0.39 is 42.0 Å². The minimum absolute atomic E-state index is 0.00281. The van der Waals surface area contributed by atoms with Crippen molar-refractivity contribution in [1.29, 1.82) is 0 Å². The Balaban J connectivity index is 1.99. The van der Waals surface area contributed by atoms with E-state index in [0.717, 1.165) is 39.9 Å². The first-order valence-electron chi connectivity index (χ1n) is 13.8. The molecular formula is C26H41FN3O9PS3. The van der Waals surface area contributed by atoms with Gasteiger partial charge in [-0.1, -0.05) is 51.2 Å². The molecule has 43 heavy (non-hydrogen) atoms. The summed E-state index contributed by atoms with van der Waals surface area (Å²) < 4.78 is 51.1. The van der Waals surface area contributed by atoms with E-state index in [4.69, 9.17) is 18.3 Å². The SMILES string of the molecule is CC(C)C(=O)SCCOP(=O)(OCCSC(=O)C(C)C)OCC1C[C@H](F)C(n2ccc(NC(=O)OC(C)(C)C)nc2=O)S1. The van der Waals surface area contributed by atoms with Crippen LogP contribution in [0.25, 0.3) is 0 Å². The van der Waals surface area contributed by atoms with Gasteiger partial charge in [0.05, 0.1) is 19.8 Å². The Hall–Kier alpha value is -1.42. The molecule has 0 bridgehead atoms. The van der Waals surface area contributed by atoms with Gasteiger partial charge in [-0.05, 0) is 33.3 Å². The standard InChI is InChI=1S/C26H41FN3O9PS3/c1-16(2)22(31)41-12-10-36-40(35,37-11-13-42-23(32)17(3)4)38-15-18-14-19(27)21(43-18)30-9-8-20(28-24(30)33)29-25(34)39-26(5,6)7/h8-9,16-19,21H,10-15H2,1-7H3,(H,28,29,33,34)/t18?,19-,21?/m0/s1. The lowest BCUT2D eigenvalue weighted by Crippen LogP contribution is -2.31. The number of halogens is 1. The summed E-state index contributed by atoms with van der Waals surface area (Å²) in [6.45, 7) is 11.8. The normalized spacial score (nSPS) is 19.2. The predicted octanol–water partition coefficient (Wildman–Crippen LogP) is 5.92. The zero-order valence-electron chi connectivity index (χ0n) is 25.4. The number of hydrogen-bond acceptors (Lipinski definition) is 13. The van der Waals surface area contributed by atoms with Gasteiger partial charge in [0.25, 0.3) is 0 Å². The number of aromatic nitrogens is 2. The molecule has 1 fully saturated rings. The van der Waals surface area contributed by atoms with E-state index in [-0.39, 0.29) is 65.6 Å². The summed E-state index contributed by atoms with van der Waals surface area (Å²) in [6, 6.07) is 1.36. The van der Waals surface area contributed by atoms with Gasteiger partial charge in [-0.3, -0.25) is 33.0 Å². The molecule has 1 aliphatic heterocycles. The zero-order chi connectivity index (χ0) is 32.4. The second-order valence-corrected chi connectivity index (χ2v) is 16.4. The van der Waals surface area contributed by atoms with Crippen molar-refractivity contribution in [1.82, 2.24) is 9.55 Å². The van der Waals surface area contributed by atoms with Crippen LogP contribution >= 0.6 is 43.1 Å². The summed E-state index contributed by atoms with van der Waals surface area (Å²) in [7, 11) is -4.11. The first-order chi connectivity index (χ1) is 20.0. The van der Waals surface area contributed by atoms with E-state index in [9.17, 15) is 23.7 Å². The van der Waals surface area contributed by atoms with E-state index in [2.05, 4.69) is 10.3 Å². The average molecular weight is 686 g/mol. The van der Waals surface area contributed by atoms with Crippen molar-refractivity contribution in [2.75, 3.05) is 36.6 Å². The molecule has 1 saturated heterocycles. The first kappa shape index (κ1) is 37.8. The van der Waals surface area contributed by atoms with E-state index in [1.54, 1.807) is 48.5 Å². The molecular weight excluding hydrogens is 644 g/mol. The lowest BCUT2D eigenvalue weighted by molar-refractivity contribution is -0.114. The monoisotopic (exact) mass is 685 g/mol. The number of carbonyl (C=O) groups is 3. The molecule has 0 aromatic carbocycles. The van der Waals surface area contributed by atoms with Crippen molar-refractivity contribution in [3.8, 4) is 0 Å². The second-order valence-electron chi connectivity index (χ2n) is 11.1. The number of amides is 1. The van der Waals surface area contributed by atoms with Crippen molar-refractivity contribution in [3.63, 3.8) is 0 Å². The third kappa shape index (κ3) is 13.6. The number of carbonyl (C=O) groups excluding carboxylic acids is 3. The van der Waals surface area contributed by atoms with Gasteiger partial charge in [0.1, 0.15) is 23.0 Å². The Morgan fingerprint density at radius 3 is 2.14 bits per heavy atom. The van der Waals surface area contributed by atoms with Crippen molar-refractivity contribution in [3.05, 3.63) is 22.7 Å². The molecule has 0 spiro atoms. The topological polar surface area (TPSA) is 152 Å². The molecule has 1 aromatic heterocycles. The molecule has 1 N–H and O–H groups in total. The number of ether oxygens (including phenoxy) is 1. The van der Waals surface area contributed by atoms with Crippen LogP contribution < -0.4 is 11.0 Å². The molecule has 2 unspecified atom stereocenters. The van der Waals surface area contributed by atoms with Crippen LogP contribution in [0.4, 0.5) is 15.0 Å². The van der Waals surface area contributed by atoms with Gasteiger partial charge >= 0.3 is 19.6 Å². The second kappa shape index (κ2) is 17.3. The van der Waals surface area contributed by atoms with Crippen LogP contribution in [-0.2, 0) is 32.5 Å². The van der Waals surface area contributed by atoms with Crippen molar-refractivity contribution >= 4 is 65.3 Å². The fraction of sp³-hybridized carbons (Fsp3) is 0.731. The maximum Gasteiger partial charge on any atom is 0.474 e. The summed E-state index contributed by atoms with van der Waals surface area (Å²) in [5, 5.41) is 0.871. The lowest BCUT2D eigenvalue weighted by Gasteiger charge is -2.20. The Bertz CT molecular complexity index is 1180. The summed E-state index contributed by atoms with van der Waals surface area (Å²) >= 11 is 3.19. The number of rotatable bonds is 15. The largest absolute Gasteiger partial charge is 0.474 e. The maximum atomic E-state index is 15.0. The highest BCUT2D eigenvalue weighted by Gasteiger charge is 2.39. The fourth-order valence-electron chi connectivity index (χ4n) is 3.34. The molecule has 2 heterocycles. The van der Waals surface area contributed by atoms with Crippen LogP contribution in [0, 0.1) is 11.8 Å². The van der Waals surface area contributed by atoms with E-state index in [1.807, 2.05) is 0 Å². The van der Waals surface area contributed by atoms with Crippen LogP contribution in [0.5, 0.6) is 0 Å². The van der Waals surface area contributed by atoms with Crippen molar-refractivity contribution in [2.24, 2.45) is 11.8 Å². The van der Waals surface area contributed by atoms with Gasteiger partial charge in [0, 0.05) is 34.8 Å². The lowest BCUT2D eigenvalue weighted by atomic mass is 10.2. The quantitative estimate of drug-likeness (QED) is 0.172. The van der Waals surface area contributed by atoms with Crippen molar-refractivity contribution in [2.45, 2.75) is 77.3 Å². The number of anilines is 1. The summed E-state index contributed by atoms with van der Waals surface area (Å²) in [6.07, 6.45) is -0.895. The minimum atomic E-state index is -4.11. The van der Waals surface area contributed by atoms with Gasteiger partial charge in [-0.15, -0.1) is 11.8 Å². The zero-order valence-corrected chi connectivity index (χ0v) is 28.7. The van der Waals surface area contributed by atoms with Crippen molar-refractivity contribution < 1.29 is 41.6 Å². The number of thioether (sulfide) groups is 3. The van der Waals surface area contributed by atoms with Crippen LogP contribution in [0.3, 0.4) is 0 Å². The van der Waals surface area contributed by atoms with Crippen LogP contribution in [0.2, 0.25) is 0 Å². The van der Waals surface area contributed by atoms with Gasteiger partial charge in [0.2, 0.25) is 0 Å². The number of phosphoric acid groups is 1. The Morgan fingerprint density at radius 2 is 1.65 bits per heavy atom.